The first-order valence-electron chi connectivity index (χ1n) is 10.9. The fourth-order valence-corrected chi connectivity index (χ4v) is 3.98. The standard InChI is InChI=1S/C26H34O2/c1-4-6-7-8-9-10-13-18-28-26-22-15-12-11-14-21(22)25(27-3)24-19-20(5-2)16-17-23(24)26/h11-12,14-17,19H,4-10,13,18H2,1-3H3. The van der Waals surface area contributed by atoms with Gasteiger partial charge in [0, 0.05) is 21.5 Å². The second-order valence-corrected chi connectivity index (χ2v) is 7.61. The van der Waals surface area contributed by atoms with Gasteiger partial charge in [-0.25, -0.2) is 0 Å². The van der Waals surface area contributed by atoms with E-state index in [-0.39, 0.29) is 0 Å². The monoisotopic (exact) mass is 378 g/mol. The molecule has 0 unspecified atom stereocenters. The summed E-state index contributed by atoms with van der Waals surface area (Å²) in [6, 6.07) is 15.1. The van der Waals surface area contributed by atoms with E-state index >= 15 is 0 Å². The lowest BCUT2D eigenvalue weighted by Gasteiger charge is -2.17. The third-order valence-electron chi connectivity index (χ3n) is 5.60. The van der Waals surface area contributed by atoms with Crippen molar-refractivity contribution in [2.24, 2.45) is 0 Å². The van der Waals surface area contributed by atoms with Crippen LogP contribution in [0.3, 0.4) is 0 Å². The number of ether oxygens (including phenoxy) is 2. The minimum Gasteiger partial charge on any atom is -0.495 e. The summed E-state index contributed by atoms with van der Waals surface area (Å²) in [5.74, 6) is 1.95. The highest BCUT2D eigenvalue weighted by Crippen LogP contribution is 2.43. The molecule has 0 aromatic heterocycles. The molecule has 0 fully saturated rings. The summed E-state index contributed by atoms with van der Waals surface area (Å²) < 4.78 is 12.2. The maximum Gasteiger partial charge on any atom is 0.135 e. The molecule has 150 valence electrons. The molecule has 0 atom stereocenters. The topological polar surface area (TPSA) is 18.5 Å². The number of fused-ring (bicyclic) bond motifs is 2. The van der Waals surface area contributed by atoms with Crippen molar-refractivity contribution in [2.45, 2.75) is 65.2 Å². The quantitative estimate of drug-likeness (QED) is 0.251. The van der Waals surface area contributed by atoms with E-state index in [4.69, 9.17) is 9.47 Å². The lowest BCUT2D eigenvalue weighted by molar-refractivity contribution is 0.311. The SMILES string of the molecule is CCCCCCCCCOc1c2ccccc2c(OC)c2cc(CC)ccc12. The van der Waals surface area contributed by atoms with E-state index in [1.165, 1.54) is 44.1 Å². The van der Waals surface area contributed by atoms with Crippen LogP contribution in [0.2, 0.25) is 0 Å². The van der Waals surface area contributed by atoms with E-state index in [9.17, 15) is 0 Å². The number of rotatable bonds is 11. The first kappa shape index (κ1) is 20.5. The van der Waals surface area contributed by atoms with Gasteiger partial charge in [-0.05, 0) is 24.5 Å². The highest BCUT2D eigenvalue weighted by molar-refractivity contribution is 6.11. The van der Waals surface area contributed by atoms with Crippen molar-refractivity contribution < 1.29 is 9.47 Å². The van der Waals surface area contributed by atoms with E-state index in [1.807, 2.05) is 0 Å². The van der Waals surface area contributed by atoms with Gasteiger partial charge < -0.3 is 9.47 Å². The molecule has 0 radical (unpaired) electrons. The fraction of sp³-hybridized carbons (Fsp3) is 0.462. The van der Waals surface area contributed by atoms with Gasteiger partial charge >= 0.3 is 0 Å². The molecule has 2 heteroatoms. The molecule has 0 heterocycles. The summed E-state index contributed by atoms with van der Waals surface area (Å²) >= 11 is 0. The van der Waals surface area contributed by atoms with Crippen molar-refractivity contribution in [1.82, 2.24) is 0 Å². The minimum atomic E-state index is 0.773. The minimum absolute atomic E-state index is 0.773. The first-order valence-corrected chi connectivity index (χ1v) is 10.9. The van der Waals surface area contributed by atoms with Crippen molar-refractivity contribution >= 4 is 21.5 Å². The maximum absolute atomic E-state index is 6.38. The summed E-state index contributed by atoms with van der Waals surface area (Å²) in [5, 5.41) is 4.56. The summed E-state index contributed by atoms with van der Waals surface area (Å²) in [5.41, 5.74) is 1.32. The highest BCUT2D eigenvalue weighted by atomic mass is 16.5. The van der Waals surface area contributed by atoms with E-state index in [0.29, 0.717) is 0 Å². The molecule has 28 heavy (non-hydrogen) atoms. The van der Waals surface area contributed by atoms with E-state index < -0.39 is 0 Å². The number of methoxy groups -OCH3 is 1. The van der Waals surface area contributed by atoms with Gasteiger partial charge in [-0.1, -0.05) is 88.8 Å². The molecule has 3 rings (SSSR count). The van der Waals surface area contributed by atoms with Crippen molar-refractivity contribution in [2.75, 3.05) is 13.7 Å². The lowest BCUT2D eigenvalue weighted by Crippen LogP contribution is -2.00. The maximum atomic E-state index is 6.38. The third-order valence-corrected chi connectivity index (χ3v) is 5.60. The molecule has 0 aliphatic carbocycles. The van der Waals surface area contributed by atoms with E-state index in [2.05, 4.69) is 56.3 Å². The second kappa shape index (κ2) is 10.4. The van der Waals surface area contributed by atoms with Crippen molar-refractivity contribution in [1.29, 1.82) is 0 Å². The first-order chi connectivity index (χ1) is 13.8. The third kappa shape index (κ3) is 4.60. The van der Waals surface area contributed by atoms with Gasteiger partial charge in [0.2, 0.25) is 0 Å². The summed E-state index contributed by atoms with van der Waals surface area (Å²) in [7, 11) is 1.76. The Balaban J connectivity index is 1.84. The molecule has 0 aliphatic heterocycles. The van der Waals surface area contributed by atoms with Gasteiger partial charge in [0.05, 0.1) is 13.7 Å². The molecule has 2 nitrogen and oxygen atoms in total. The van der Waals surface area contributed by atoms with Gasteiger partial charge in [-0.15, -0.1) is 0 Å². The van der Waals surface area contributed by atoms with Gasteiger partial charge in [0.1, 0.15) is 11.5 Å². The largest absolute Gasteiger partial charge is 0.495 e. The molecule has 0 amide bonds. The van der Waals surface area contributed by atoms with Gasteiger partial charge in [-0.2, -0.15) is 0 Å². The Labute approximate surface area is 169 Å². The number of aryl methyl sites for hydroxylation is 1. The Bertz CT molecular complexity index is 898. The zero-order chi connectivity index (χ0) is 19.8. The molecule has 0 aliphatic rings. The predicted molar refractivity (Wildman–Crippen MR) is 121 cm³/mol. The van der Waals surface area contributed by atoms with Gasteiger partial charge in [-0.3, -0.25) is 0 Å². The van der Waals surface area contributed by atoms with Crippen molar-refractivity contribution in [3.8, 4) is 11.5 Å². The van der Waals surface area contributed by atoms with E-state index in [1.54, 1.807) is 7.11 Å². The summed E-state index contributed by atoms with van der Waals surface area (Å²) in [4.78, 5) is 0. The van der Waals surface area contributed by atoms with E-state index in [0.717, 1.165) is 52.5 Å². The van der Waals surface area contributed by atoms with Gasteiger partial charge in [0.15, 0.2) is 0 Å². The Morgan fingerprint density at radius 3 is 2.00 bits per heavy atom. The number of hydrogen-bond donors (Lipinski definition) is 0. The van der Waals surface area contributed by atoms with Crippen LogP contribution in [0.5, 0.6) is 11.5 Å². The molecular weight excluding hydrogens is 344 g/mol. The van der Waals surface area contributed by atoms with Crippen LogP contribution in [0.25, 0.3) is 21.5 Å². The van der Waals surface area contributed by atoms with Crippen molar-refractivity contribution in [3.63, 3.8) is 0 Å². The van der Waals surface area contributed by atoms with Crippen LogP contribution in [0, 0.1) is 0 Å². The normalized spacial score (nSPS) is 11.2. The Morgan fingerprint density at radius 1 is 0.679 bits per heavy atom. The van der Waals surface area contributed by atoms with Gasteiger partial charge in [0.25, 0.3) is 0 Å². The average molecular weight is 379 g/mol. The highest BCUT2D eigenvalue weighted by Gasteiger charge is 2.15. The van der Waals surface area contributed by atoms with Crippen LogP contribution in [0.15, 0.2) is 42.5 Å². The zero-order valence-electron chi connectivity index (χ0n) is 17.7. The predicted octanol–water partition coefficient (Wildman–Crippen LogP) is 7.69. The van der Waals surface area contributed by atoms with Crippen LogP contribution in [0.1, 0.15) is 64.4 Å². The molecule has 3 aromatic rings. The molecule has 0 saturated carbocycles. The summed E-state index contributed by atoms with van der Waals surface area (Å²) in [6.45, 7) is 5.22. The Morgan fingerprint density at radius 2 is 1.32 bits per heavy atom. The Kier molecular flexibility index (Phi) is 7.59. The molecule has 0 spiro atoms. The molecule has 3 aromatic carbocycles. The van der Waals surface area contributed by atoms with Crippen molar-refractivity contribution in [3.05, 3.63) is 48.0 Å². The zero-order valence-corrected chi connectivity index (χ0v) is 17.7. The fourth-order valence-electron chi connectivity index (χ4n) is 3.98. The van der Waals surface area contributed by atoms with Crippen LogP contribution in [-0.2, 0) is 6.42 Å². The lowest BCUT2D eigenvalue weighted by atomic mass is 9.98. The molecular formula is C26H34O2. The number of benzene rings is 3. The van der Waals surface area contributed by atoms with Crippen LogP contribution in [-0.4, -0.2) is 13.7 Å². The molecule has 0 bridgehead atoms. The number of unbranched alkanes of at least 4 members (excludes halogenated alkanes) is 6. The van der Waals surface area contributed by atoms with Crippen LogP contribution in [0.4, 0.5) is 0 Å². The second-order valence-electron chi connectivity index (χ2n) is 7.61. The molecule has 0 saturated heterocycles. The smallest absolute Gasteiger partial charge is 0.135 e. The number of hydrogen-bond acceptors (Lipinski definition) is 2. The average Bonchev–Trinajstić information content (AvgIpc) is 2.74. The van der Waals surface area contributed by atoms with Crippen LogP contribution >= 0.6 is 0 Å². The Hall–Kier alpha value is -2.22. The molecule has 0 N–H and O–H groups in total. The summed E-state index contributed by atoms with van der Waals surface area (Å²) in [6.07, 6.45) is 10.1. The van der Waals surface area contributed by atoms with Crippen LogP contribution < -0.4 is 9.47 Å².